The van der Waals surface area contributed by atoms with E-state index in [0.717, 1.165) is 56.3 Å². The van der Waals surface area contributed by atoms with E-state index in [4.69, 9.17) is 14.7 Å². The second kappa shape index (κ2) is 12.0. The van der Waals surface area contributed by atoms with E-state index >= 15 is 0 Å². The van der Waals surface area contributed by atoms with Crippen LogP contribution in [0.1, 0.15) is 22.3 Å². The van der Waals surface area contributed by atoms with Crippen molar-refractivity contribution >= 4 is 10.8 Å². The molecular formula is C51H32N2O. The van der Waals surface area contributed by atoms with E-state index in [1.165, 1.54) is 38.6 Å². The molecule has 1 aliphatic carbocycles. The van der Waals surface area contributed by atoms with Crippen LogP contribution in [-0.4, -0.2) is 9.97 Å². The number of fused-ring (bicyclic) bond motifs is 10. The molecule has 0 fully saturated rings. The minimum atomic E-state index is -0.482. The van der Waals surface area contributed by atoms with Crippen molar-refractivity contribution in [2.75, 3.05) is 0 Å². The van der Waals surface area contributed by atoms with Crippen molar-refractivity contribution in [2.45, 2.75) is 5.41 Å². The molecule has 0 N–H and O–H groups in total. The molecule has 1 aromatic heterocycles. The Morgan fingerprint density at radius 1 is 0.352 bits per heavy atom. The standard InChI is InChI=1S/C51H32N2O/c1-2-15-34(16-3-1)50-52-46(32-47(53-50)41-23-13-17-33-14-4-5-20-38(33)41)37-19-12-18-35(30-37)36-28-29-45-49(31-36)54-48-27-11-10-26-44(48)51(45)42-24-8-6-21-39(42)40-22-7-9-25-43(40)51/h1-32H. The smallest absolute Gasteiger partial charge is 0.160 e. The first-order chi connectivity index (χ1) is 26.8. The Morgan fingerprint density at radius 2 is 0.926 bits per heavy atom. The molecule has 8 aromatic carbocycles. The molecule has 0 amide bonds. The Balaban J connectivity index is 1.07. The maximum atomic E-state index is 6.82. The van der Waals surface area contributed by atoms with Crippen molar-refractivity contribution in [1.82, 2.24) is 9.97 Å². The van der Waals surface area contributed by atoms with Crippen LogP contribution in [0, 0.1) is 0 Å². The summed E-state index contributed by atoms with van der Waals surface area (Å²) in [5.74, 6) is 2.46. The first kappa shape index (κ1) is 30.5. The van der Waals surface area contributed by atoms with Gasteiger partial charge in [-0.2, -0.15) is 0 Å². The number of rotatable bonds is 4. The Kier molecular flexibility index (Phi) is 6.77. The van der Waals surface area contributed by atoms with Gasteiger partial charge >= 0.3 is 0 Å². The topological polar surface area (TPSA) is 35.0 Å². The van der Waals surface area contributed by atoms with Gasteiger partial charge in [-0.1, -0.05) is 170 Å². The van der Waals surface area contributed by atoms with Crippen molar-refractivity contribution in [1.29, 1.82) is 0 Å². The van der Waals surface area contributed by atoms with E-state index in [9.17, 15) is 0 Å². The van der Waals surface area contributed by atoms with Gasteiger partial charge in [-0.15, -0.1) is 0 Å². The number of ether oxygens (including phenoxy) is 1. The predicted octanol–water partition coefficient (Wildman–Crippen LogP) is 12.8. The van der Waals surface area contributed by atoms with E-state index in [1.807, 2.05) is 18.2 Å². The molecule has 54 heavy (non-hydrogen) atoms. The van der Waals surface area contributed by atoms with E-state index < -0.39 is 5.41 Å². The highest BCUT2D eigenvalue weighted by Crippen LogP contribution is 2.62. The van der Waals surface area contributed by atoms with Gasteiger partial charge in [0.1, 0.15) is 11.5 Å². The summed E-state index contributed by atoms with van der Waals surface area (Å²) in [4.78, 5) is 10.3. The number of para-hydroxylation sites is 1. The summed E-state index contributed by atoms with van der Waals surface area (Å²) in [6, 6.07) is 68.8. The third kappa shape index (κ3) is 4.55. The van der Waals surface area contributed by atoms with Crippen LogP contribution in [0.3, 0.4) is 0 Å². The number of aromatic nitrogens is 2. The minimum absolute atomic E-state index is 0.482. The summed E-state index contributed by atoms with van der Waals surface area (Å²) >= 11 is 0. The average molecular weight is 689 g/mol. The summed E-state index contributed by atoms with van der Waals surface area (Å²) in [6.45, 7) is 0. The quantitative estimate of drug-likeness (QED) is 0.185. The van der Waals surface area contributed by atoms with E-state index in [0.29, 0.717) is 5.82 Å². The highest BCUT2D eigenvalue weighted by atomic mass is 16.5. The molecule has 0 atom stereocenters. The number of hydrogen-bond acceptors (Lipinski definition) is 3. The van der Waals surface area contributed by atoms with Crippen LogP contribution in [0.25, 0.3) is 66.9 Å². The summed E-state index contributed by atoms with van der Waals surface area (Å²) in [5, 5.41) is 2.35. The molecule has 3 heteroatoms. The van der Waals surface area contributed by atoms with E-state index in [-0.39, 0.29) is 0 Å². The van der Waals surface area contributed by atoms with Gasteiger partial charge in [-0.3, -0.25) is 0 Å². The second-order valence-corrected chi connectivity index (χ2v) is 14.1. The van der Waals surface area contributed by atoms with Crippen LogP contribution in [0.4, 0.5) is 0 Å². The summed E-state index contributed by atoms with van der Waals surface area (Å²) in [6.07, 6.45) is 0. The Morgan fingerprint density at radius 3 is 1.76 bits per heavy atom. The zero-order chi connectivity index (χ0) is 35.6. The van der Waals surface area contributed by atoms with Gasteiger partial charge in [0.25, 0.3) is 0 Å². The van der Waals surface area contributed by atoms with Crippen LogP contribution in [0.5, 0.6) is 11.5 Å². The molecule has 11 rings (SSSR count). The second-order valence-electron chi connectivity index (χ2n) is 14.1. The normalized spacial score (nSPS) is 13.1. The Hall–Kier alpha value is -7.10. The first-order valence-electron chi connectivity index (χ1n) is 18.4. The van der Waals surface area contributed by atoms with Gasteiger partial charge in [-0.25, -0.2) is 9.97 Å². The monoisotopic (exact) mass is 688 g/mol. The third-order valence-corrected chi connectivity index (χ3v) is 11.2. The van der Waals surface area contributed by atoms with E-state index in [2.05, 4.69) is 176 Å². The molecule has 0 unspecified atom stereocenters. The predicted molar refractivity (Wildman–Crippen MR) is 219 cm³/mol. The van der Waals surface area contributed by atoms with Crippen LogP contribution in [0.15, 0.2) is 194 Å². The van der Waals surface area contributed by atoms with Crippen molar-refractivity contribution in [3.63, 3.8) is 0 Å². The van der Waals surface area contributed by atoms with Crippen LogP contribution in [-0.2, 0) is 5.41 Å². The summed E-state index contributed by atoms with van der Waals surface area (Å²) < 4.78 is 6.82. The molecule has 2 heterocycles. The minimum Gasteiger partial charge on any atom is -0.457 e. The molecule has 1 aliphatic heterocycles. The van der Waals surface area contributed by atoms with Gasteiger partial charge in [-0.05, 0) is 68.4 Å². The highest BCUT2D eigenvalue weighted by Gasteiger charge is 2.50. The molecule has 0 bridgehead atoms. The lowest BCUT2D eigenvalue weighted by Crippen LogP contribution is -2.32. The lowest BCUT2D eigenvalue weighted by molar-refractivity contribution is 0.436. The van der Waals surface area contributed by atoms with Gasteiger partial charge in [0.05, 0.1) is 16.8 Å². The van der Waals surface area contributed by atoms with Gasteiger partial charge in [0.2, 0.25) is 0 Å². The largest absolute Gasteiger partial charge is 0.457 e. The first-order valence-corrected chi connectivity index (χ1v) is 18.4. The van der Waals surface area contributed by atoms with Crippen LogP contribution < -0.4 is 4.74 Å². The Bertz CT molecular complexity index is 2880. The van der Waals surface area contributed by atoms with Crippen molar-refractivity contribution in [3.05, 3.63) is 216 Å². The average Bonchev–Trinajstić information content (AvgIpc) is 3.54. The van der Waals surface area contributed by atoms with Crippen molar-refractivity contribution in [2.24, 2.45) is 0 Å². The van der Waals surface area contributed by atoms with Gasteiger partial charge in [0.15, 0.2) is 5.82 Å². The maximum absolute atomic E-state index is 6.82. The Labute approximate surface area is 313 Å². The molecular weight excluding hydrogens is 657 g/mol. The fourth-order valence-electron chi connectivity index (χ4n) is 8.80. The molecule has 9 aromatic rings. The third-order valence-electron chi connectivity index (χ3n) is 11.2. The number of benzene rings is 8. The zero-order valence-electron chi connectivity index (χ0n) is 29.3. The van der Waals surface area contributed by atoms with Gasteiger partial charge in [0, 0.05) is 27.8 Å². The van der Waals surface area contributed by atoms with E-state index in [1.54, 1.807) is 0 Å². The highest BCUT2D eigenvalue weighted by molar-refractivity contribution is 5.96. The van der Waals surface area contributed by atoms with Crippen molar-refractivity contribution in [3.8, 4) is 67.7 Å². The number of hydrogen-bond donors (Lipinski definition) is 0. The molecule has 3 nitrogen and oxygen atoms in total. The van der Waals surface area contributed by atoms with Crippen LogP contribution >= 0.6 is 0 Å². The fraction of sp³-hybridized carbons (Fsp3) is 0.0196. The summed E-state index contributed by atoms with van der Waals surface area (Å²) in [7, 11) is 0. The molecule has 1 spiro atoms. The fourth-order valence-corrected chi connectivity index (χ4v) is 8.80. The molecule has 0 saturated carbocycles. The lowest BCUT2D eigenvalue weighted by atomic mass is 9.66. The van der Waals surface area contributed by atoms with Gasteiger partial charge < -0.3 is 4.74 Å². The molecule has 252 valence electrons. The summed E-state index contributed by atoms with van der Waals surface area (Å²) in [5.41, 5.74) is 14.0. The molecule has 0 saturated heterocycles. The lowest BCUT2D eigenvalue weighted by Gasteiger charge is -2.39. The SMILES string of the molecule is c1ccc(-c2nc(-c3cccc(-c4ccc5c(c4)Oc4ccccc4C54c5ccccc5-c5ccccc54)c3)cc(-c3cccc4ccccc34)n2)cc1. The van der Waals surface area contributed by atoms with Crippen molar-refractivity contribution < 1.29 is 4.74 Å². The maximum Gasteiger partial charge on any atom is 0.160 e. The molecule has 2 aliphatic rings. The van der Waals surface area contributed by atoms with Crippen LogP contribution in [0.2, 0.25) is 0 Å². The number of nitrogens with zero attached hydrogens (tertiary/aromatic N) is 2. The molecule has 0 radical (unpaired) electrons. The zero-order valence-corrected chi connectivity index (χ0v) is 29.3.